The number of amides is 2. The van der Waals surface area contributed by atoms with Crippen LogP contribution in [0, 0.1) is 5.82 Å². The predicted molar refractivity (Wildman–Crippen MR) is 71.5 cm³/mol. The lowest BCUT2D eigenvalue weighted by molar-refractivity contribution is -0.119. The first-order valence-corrected chi connectivity index (χ1v) is 6.79. The van der Waals surface area contributed by atoms with Crippen LogP contribution in [0.25, 0.3) is 0 Å². The second kappa shape index (κ2) is 5.33. The summed E-state index contributed by atoms with van der Waals surface area (Å²) in [4.78, 5) is 24.6. The Hall–Kier alpha value is -2.15. The fourth-order valence-electron chi connectivity index (χ4n) is 2.74. The highest BCUT2D eigenvalue weighted by molar-refractivity contribution is 5.80. The molecule has 3 rings (SSSR count). The van der Waals surface area contributed by atoms with Crippen molar-refractivity contribution in [3.8, 4) is 0 Å². The van der Waals surface area contributed by atoms with Crippen molar-refractivity contribution in [1.29, 1.82) is 0 Å². The summed E-state index contributed by atoms with van der Waals surface area (Å²) in [5, 5.41) is 2.90. The zero-order valence-electron chi connectivity index (χ0n) is 11.3. The number of benzene rings is 1. The van der Waals surface area contributed by atoms with Gasteiger partial charge in [0.2, 0.25) is 5.91 Å². The summed E-state index contributed by atoms with van der Waals surface area (Å²) in [6, 6.07) is 4.34. The summed E-state index contributed by atoms with van der Waals surface area (Å²) in [5.74, 6) is -0.761. The Kier molecular flexibility index (Phi) is 3.50. The van der Waals surface area contributed by atoms with Gasteiger partial charge in [-0.3, -0.25) is 9.69 Å². The summed E-state index contributed by atoms with van der Waals surface area (Å²) in [7, 11) is 0. The van der Waals surface area contributed by atoms with Gasteiger partial charge in [-0.25, -0.2) is 9.18 Å². The van der Waals surface area contributed by atoms with Gasteiger partial charge < -0.3 is 15.8 Å². The average molecular weight is 293 g/mol. The second-order valence-corrected chi connectivity index (χ2v) is 5.34. The molecule has 2 amide bonds. The van der Waals surface area contributed by atoms with Crippen LogP contribution in [-0.2, 0) is 22.6 Å². The zero-order chi connectivity index (χ0) is 15.0. The van der Waals surface area contributed by atoms with E-state index in [2.05, 4.69) is 5.32 Å². The fourth-order valence-corrected chi connectivity index (χ4v) is 2.74. The van der Waals surface area contributed by atoms with E-state index in [1.807, 2.05) is 0 Å². The van der Waals surface area contributed by atoms with Crippen LogP contribution in [0.3, 0.4) is 0 Å². The van der Waals surface area contributed by atoms with Gasteiger partial charge in [-0.2, -0.15) is 0 Å². The number of carbonyl (C=O) groups is 2. The molecule has 1 aromatic carbocycles. The Bertz CT molecular complexity index is 593. The summed E-state index contributed by atoms with van der Waals surface area (Å²) in [5.41, 5.74) is 6.53. The van der Waals surface area contributed by atoms with Gasteiger partial charge in [0.25, 0.3) is 0 Å². The highest BCUT2D eigenvalue weighted by Gasteiger charge is 2.33. The number of ether oxygens (including phenoxy) is 1. The van der Waals surface area contributed by atoms with Gasteiger partial charge in [0.15, 0.2) is 0 Å². The maximum absolute atomic E-state index is 13.6. The molecule has 0 spiro atoms. The zero-order valence-corrected chi connectivity index (χ0v) is 11.3. The molecule has 0 radical (unpaired) electrons. The maximum atomic E-state index is 13.6. The third-order valence-corrected chi connectivity index (χ3v) is 3.89. The molecule has 0 aliphatic carbocycles. The molecule has 2 heterocycles. The van der Waals surface area contributed by atoms with E-state index in [9.17, 15) is 14.0 Å². The number of halogens is 1. The van der Waals surface area contributed by atoms with Gasteiger partial charge in [-0.1, -0.05) is 12.1 Å². The summed E-state index contributed by atoms with van der Waals surface area (Å²) < 4.78 is 19.0. The van der Waals surface area contributed by atoms with Crippen molar-refractivity contribution in [2.45, 2.75) is 31.7 Å². The molecule has 0 unspecified atom stereocenters. The van der Waals surface area contributed by atoms with Crippen molar-refractivity contribution in [2.24, 2.45) is 5.73 Å². The lowest BCUT2D eigenvalue weighted by Crippen LogP contribution is -2.36. The molecule has 2 aliphatic heterocycles. The van der Waals surface area contributed by atoms with Crippen molar-refractivity contribution in [1.82, 2.24) is 10.2 Å². The molecular formula is C14H16FN3O3. The fraction of sp³-hybridized carbons (Fsp3) is 0.429. The van der Waals surface area contributed by atoms with Crippen LogP contribution in [0.15, 0.2) is 18.2 Å². The third-order valence-electron chi connectivity index (χ3n) is 3.89. The predicted octanol–water partition coefficient (Wildman–Crippen LogP) is 0.494. The van der Waals surface area contributed by atoms with E-state index >= 15 is 0 Å². The summed E-state index contributed by atoms with van der Waals surface area (Å²) in [6.45, 7) is 0.945. The molecule has 6 nitrogen and oxygen atoms in total. The van der Waals surface area contributed by atoms with E-state index in [0.717, 1.165) is 5.56 Å². The molecule has 0 bridgehead atoms. The van der Waals surface area contributed by atoms with Crippen LogP contribution < -0.4 is 11.1 Å². The average Bonchev–Trinajstić information content (AvgIpc) is 3.05. The maximum Gasteiger partial charge on any atom is 0.410 e. The number of hydrogen-bond acceptors (Lipinski definition) is 4. The van der Waals surface area contributed by atoms with E-state index in [4.69, 9.17) is 10.5 Å². The van der Waals surface area contributed by atoms with Crippen molar-refractivity contribution in [3.05, 3.63) is 35.1 Å². The summed E-state index contributed by atoms with van der Waals surface area (Å²) in [6.07, 6.45) is -0.512. The summed E-state index contributed by atoms with van der Waals surface area (Å²) >= 11 is 0. The first-order chi connectivity index (χ1) is 10.0. The minimum atomic E-state index is -0.498. The Morgan fingerprint density at radius 3 is 2.86 bits per heavy atom. The number of carbonyl (C=O) groups excluding carboxylic acids is 2. The van der Waals surface area contributed by atoms with Crippen molar-refractivity contribution in [3.63, 3.8) is 0 Å². The Morgan fingerprint density at radius 2 is 2.19 bits per heavy atom. The second-order valence-electron chi connectivity index (χ2n) is 5.34. The smallest absolute Gasteiger partial charge is 0.410 e. The number of primary amides is 1. The molecule has 2 aliphatic rings. The molecule has 0 saturated carbocycles. The molecule has 0 aromatic heterocycles. The largest absolute Gasteiger partial charge is 0.445 e. The lowest BCUT2D eigenvalue weighted by Gasteiger charge is -2.18. The number of rotatable bonds is 2. The first kappa shape index (κ1) is 13.8. The number of fused-ring (bicyclic) bond motifs is 1. The van der Waals surface area contributed by atoms with Crippen LogP contribution in [0.4, 0.5) is 9.18 Å². The molecule has 21 heavy (non-hydrogen) atoms. The van der Waals surface area contributed by atoms with Crippen LogP contribution in [0.1, 0.15) is 17.5 Å². The molecule has 112 valence electrons. The van der Waals surface area contributed by atoms with Gasteiger partial charge in [0.1, 0.15) is 11.9 Å². The molecule has 1 saturated heterocycles. The standard InChI is InChI=1S/C14H16FN3O3/c15-11-3-1-2-8-6-18(7-10(8)11)14(20)21-9-4-12(13(16)19)17-5-9/h1-3,9,12,17H,4-7H2,(H2,16,19)/t9-,12+/m1/s1. The molecule has 1 fully saturated rings. The Morgan fingerprint density at radius 1 is 1.38 bits per heavy atom. The van der Waals surface area contributed by atoms with E-state index in [-0.39, 0.29) is 18.5 Å². The van der Waals surface area contributed by atoms with Gasteiger partial charge in [-0.15, -0.1) is 0 Å². The number of nitrogens with one attached hydrogen (secondary N) is 1. The van der Waals surface area contributed by atoms with Crippen LogP contribution >= 0.6 is 0 Å². The minimum Gasteiger partial charge on any atom is -0.445 e. The van der Waals surface area contributed by atoms with Gasteiger partial charge in [0.05, 0.1) is 12.6 Å². The quantitative estimate of drug-likeness (QED) is 0.831. The number of nitrogens with two attached hydrogens (primary N) is 1. The van der Waals surface area contributed by atoms with Crippen molar-refractivity contribution < 1.29 is 18.7 Å². The van der Waals surface area contributed by atoms with E-state index in [1.165, 1.54) is 11.0 Å². The molecule has 3 N–H and O–H groups in total. The Balaban J connectivity index is 1.59. The highest BCUT2D eigenvalue weighted by Crippen LogP contribution is 2.26. The van der Waals surface area contributed by atoms with Crippen LogP contribution in [0.2, 0.25) is 0 Å². The van der Waals surface area contributed by atoms with Gasteiger partial charge in [-0.05, 0) is 11.6 Å². The third kappa shape index (κ3) is 2.69. The van der Waals surface area contributed by atoms with Crippen LogP contribution in [-0.4, -0.2) is 35.6 Å². The van der Waals surface area contributed by atoms with E-state index < -0.39 is 18.0 Å². The van der Waals surface area contributed by atoms with Crippen molar-refractivity contribution >= 4 is 12.0 Å². The van der Waals surface area contributed by atoms with Crippen LogP contribution in [0.5, 0.6) is 0 Å². The SMILES string of the molecule is NC(=O)[C@@H]1C[C@@H](OC(=O)N2Cc3cccc(F)c3C2)CN1. The molecular weight excluding hydrogens is 277 g/mol. The van der Waals surface area contributed by atoms with Gasteiger partial charge >= 0.3 is 6.09 Å². The number of nitrogens with zero attached hydrogens (tertiary/aromatic N) is 1. The molecule has 2 atom stereocenters. The van der Waals surface area contributed by atoms with E-state index in [0.29, 0.717) is 25.1 Å². The normalized spacial score (nSPS) is 24.0. The van der Waals surface area contributed by atoms with Crippen molar-refractivity contribution in [2.75, 3.05) is 6.54 Å². The lowest BCUT2D eigenvalue weighted by atomic mass is 10.1. The molecule has 1 aromatic rings. The monoisotopic (exact) mass is 293 g/mol. The first-order valence-electron chi connectivity index (χ1n) is 6.79. The minimum absolute atomic E-state index is 0.209. The van der Waals surface area contributed by atoms with Gasteiger partial charge in [0, 0.05) is 25.1 Å². The van der Waals surface area contributed by atoms with E-state index in [1.54, 1.807) is 12.1 Å². The topological polar surface area (TPSA) is 84.7 Å². The number of hydrogen-bond donors (Lipinski definition) is 2. The Labute approximate surface area is 121 Å². The highest BCUT2D eigenvalue weighted by atomic mass is 19.1. The molecule has 7 heteroatoms.